The number of aromatic nitrogens is 3. The van der Waals surface area contributed by atoms with Gasteiger partial charge in [0.15, 0.2) is 0 Å². The van der Waals surface area contributed by atoms with Crippen LogP contribution in [-0.2, 0) is 0 Å². The highest BCUT2D eigenvalue weighted by Gasteiger charge is 2.16. The van der Waals surface area contributed by atoms with Crippen LogP contribution in [0.25, 0.3) is 28.0 Å². The minimum atomic E-state index is -0.509. The van der Waals surface area contributed by atoms with Crippen molar-refractivity contribution in [1.29, 1.82) is 0 Å². The van der Waals surface area contributed by atoms with Gasteiger partial charge in [-0.25, -0.2) is 9.97 Å². The zero-order valence-electron chi connectivity index (χ0n) is 11.6. The molecule has 0 spiro atoms. The molecule has 0 aliphatic heterocycles. The van der Waals surface area contributed by atoms with Gasteiger partial charge < -0.3 is 4.40 Å². The van der Waals surface area contributed by atoms with Crippen LogP contribution in [0.15, 0.2) is 73.2 Å². The van der Waals surface area contributed by atoms with Gasteiger partial charge in [-0.3, -0.25) is 0 Å². The Morgan fingerprint density at radius 1 is 0.909 bits per heavy atom. The van der Waals surface area contributed by atoms with Gasteiger partial charge >= 0.3 is 0 Å². The zero-order valence-corrected chi connectivity index (χ0v) is 11.6. The van der Waals surface area contributed by atoms with Crippen molar-refractivity contribution in [2.24, 2.45) is 0 Å². The molecule has 0 saturated carbocycles. The van der Waals surface area contributed by atoms with Crippen LogP contribution in [0.5, 0.6) is 0 Å². The molecule has 1 aromatic carbocycles. The maximum Gasteiger partial charge on any atom is 0.222 e. The second kappa shape index (κ2) is 5.07. The van der Waals surface area contributed by atoms with Crippen molar-refractivity contribution in [2.45, 2.75) is 0 Å². The standard InChI is InChI=1S/C18H12FN3/c19-18-17(15-12-22-11-5-4-8-16(22)21-15)14(9-10-20-18)13-6-2-1-3-7-13/h1-12H. The first-order valence-corrected chi connectivity index (χ1v) is 6.97. The second-order valence-corrected chi connectivity index (χ2v) is 4.98. The number of rotatable bonds is 2. The number of pyridine rings is 2. The first kappa shape index (κ1) is 12.7. The molecule has 0 unspecified atom stereocenters. The molecule has 22 heavy (non-hydrogen) atoms. The summed E-state index contributed by atoms with van der Waals surface area (Å²) in [5.74, 6) is -0.509. The maximum absolute atomic E-state index is 14.4. The average molecular weight is 289 g/mol. The number of hydrogen-bond donors (Lipinski definition) is 0. The molecule has 3 heterocycles. The highest BCUT2D eigenvalue weighted by atomic mass is 19.1. The van der Waals surface area contributed by atoms with Gasteiger partial charge in [0.2, 0.25) is 5.95 Å². The van der Waals surface area contributed by atoms with E-state index in [0.717, 1.165) is 16.8 Å². The molecule has 0 N–H and O–H groups in total. The summed E-state index contributed by atoms with van der Waals surface area (Å²) in [4.78, 5) is 8.31. The van der Waals surface area contributed by atoms with Gasteiger partial charge in [-0.15, -0.1) is 0 Å². The number of benzene rings is 1. The summed E-state index contributed by atoms with van der Waals surface area (Å²) in [6, 6.07) is 17.2. The molecule has 0 aliphatic rings. The zero-order chi connectivity index (χ0) is 14.9. The van der Waals surface area contributed by atoms with Crippen LogP contribution in [0.4, 0.5) is 4.39 Å². The van der Waals surface area contributed by atoms with Crippen LogP contribution in [0, 0.1) is 5.95 Å². The number of halogens is 1. The van der Waals surface area contributed by atoms with E-state index in [9.17, 15) is 4.39 Å². The Labute approximate surface area is 126 Å². The Balaban J connectivity index is 1.98. The van der Waals surface area contributed by atoms with Crippen LogP contribution in [-0.4, -0.2) is 14.4 Å². The average Bonchev–Trinajstić information content (AvgIpc) is 2.99. The molecule has 0 atom stereocenters. The summed E-state index contributed by atoms with van der Waals surface area (Å²) >= 11 is 0. The Morgan fingerprint density at radius 3 is 2.55 bits per heavy atom. The first-order valence-electron chi connectivity index (χ1n) is 6.97. The lowest BCUT2D eigenvalue weighted by Crippen LogP contribution is -1.93. The molecule has 0 amide bonds. The van der Waals surface area contributed by atoms with Gasteiger partial charge in [-0.2, -0.15) is 4.39 Å². The molecule has 3 aromatic heterocycles. The molecule has 4 heteroatoms. The van der Waals surface area contributed by atoms with E-state index in [1.807, 2.05) is 71.4 Å². The molecule has 0 radical (unpaired) electrons. The van der Waals surface area contributed by atoms with E-state index in [-0.39, 0.29) is 0 Å². The van der Waals surface area contributed by atoms with Crippen molar-refractivity contribution in [3.63, 3.8) is 0 Å². The van der Waals surface area contributed by atoms with Crippen molar-refractivity contribution >= 4 is 5.65 Å². The van der Waals surface area contributed by atoms with Gasteiger partial charge in [-0.1, -0.05) is 36.4 Å². The summed E-state index contributed by atoms with van der Waals surface area (Å²) in [6.45, 7) is 0. The van der Waals surface area contributed by atoms with Crippen LogP contribution in [0.3, 0.4) is 0 Å². The minimum Gasteiger partial charge on any atom is -0.306 e. The van der Waals surface area contributed by atoms with E-state index in [1.165, 1.54) is 6.20 Å². The van der Waals surface area contributed by atoms with Gasteiger partial charge in [0.05, 0.1) is 11.3 Å². The lowest BCUT2D eigenvalue weighted by Gasteiger charge is -2.07. The Hall–Kier alpha value is -3.01. The molecular weight excluding hydrogens is 277 g/mol. The normalized spacial score (nSPS) is 11.0. The molecule has 3 nitrogen and oxygen atoms in total. The number of nitrogens with zero attached hydrogens (tertiary/aromatic N) is 3. The monoisotopic (exact) mass is 289 g/mol. The van der Waals surface area contributed by atoms with Gasteiger partial charge in [0.25, 0.3) is 0 Å². The lowest BCUT2D eigenvalue weighted by atomic mass is 10.00. The third kappa shape index (κ3) is 2.05. The smallest absolute Gasteiger partial charge is 0.222 e. The van der Waals surface area contributed by atoms with Gasteiger partial charge in [0, 0.05) is 18.6 Å². The fourth-order valence-corrected chi connectivity index (χ4v) is 2.59. The van der Waals surface area contributed by atoms with E-state index in [2.05, 4.69) is 9.97 Å². The van der Waals surface area contributed by atoms with Crippen LogP contribution >= 0.6 is 0 Å². The van der Waals surface area contributed by atoms with E-state index in [0.29, 0.717) is 11.3 Å². The van der Waals surface area contributed by atoms with E-state index in [4.69, 9.17) is 0 Å². The summed E-state index contributed by atoms with van der Waals surface area (Å²) in [6.07, 6.45) is 5.20. The molecular formula is C18H12FN3. The minimum absolute atomic E-state index is 0.428. The highest BCUT2D eigenvalue weighted by molar-refractivity contribution is 5.82. The van der Waals surface area contributed by atoms with Crippen molar-refractivity contribution in [1.82, 2.24) is 14.4 Å². The van der Waals surface area contributed by atoms with Crippen LogP contribution in [0.2, 0.25) is 0 Å². The van der Waals surface area contributed by atoms with Crippen molar-refractivity contribution < 1.29 is 4.39 Å². The molecule has 106 valence electrons. The second-order valence-electron chi connectivity index (χ2n) is 4.98. The van der Waals surface area contributed by atoms with Gasteiger partial charge in [-0.05, 0) is 29.3 Å². The van der Waals surface area contributed by atoms with Crippen molar-refractivity contribution in [3.8, 4) is 22.4 Å². The highest BCUT2D eigenvalue weighted by Crippen LogP contribution is 2.32. The predicted molar refractivity (Wildman–Crippen MR) is 83.8 cm³/mol. The number of imidazole rings is 1. The Kier molecular flexibility index (Phi) is 2.93. The van der Waals surface area contributed by atoms with Crippen molar-refractivity contribution in [2.75, 3.05) is 0 Å². The third-order valence-corrected chi connectivity index (χ3v) is 3.61. The molecule has 0 bridgehead atoms. The third-order valence-electron chi connectivity index (χ3n) is 3.61. The number of hydrogen-bond acceptors (Lipinski definition) is 2. The molecule has 4 aromatic rings. The summed E-state index contributed by atoms with van der Waals surface area (Å²) in [7, 11) is 0. The topological polar surface area (TPSA) is 30.2 Å². The van der Waals surface area contributed by atoms with Crippen LogP contribution < -0.4 is 0 Å². The molecule has 4 rings (SSSR count). The summed E-state index contributed by atoms with van der Waals surface area (Å²) in [5, 5.41) is 0. The van der Waals surface area contributed by atoms with Crippen molar-refractivity contribution in [3.05, 3.63) is 79.1 Å². The molecule has 0 saturated heterocycles. The lowest BCUT2D eigenvalue weighted by molar-refractivity contribution is 0.587. The predicted octanol–water partition coefficient (Wildman–Crippen LogP) is 4.20. The Bertz CT molecular complexity index is 912. The van der Waals surface area contributed by atoms with E-state index >= 15 is 0 Å². The largest absolute Gasteiger partial charge is 0.306 e. The molecule has 0 aliphatic carbocycles. The first-order chi connectivity index (χ1) is 10.8. The molecule has 0 fully saturated rings. The van der Waals surface area contributed by atoms with Gasteiger partial charge in [0.1, 0.15) is 5.65 Å². The van der Waals surface area contributed by atoms with Crippen LogP contribution in [0.1, 0.15) is 0 Å². The SMILES string of the molecule is Fc1nccc(-c2ccccc2)c1-c1cn2ccccc2n1. The fraction of sp³-hybridized carbons (Fsp3) is 0. The van der Waals surface area contributed by atoms with E-state index < -0.39 is 5.95 Å². The maximum atomic E-state index is 14.4. The fourth-order valence-electron chi connectivity index (χ4n) is 2.59. The summed E-state index contributed by atoms with van der Waals surface area (Å²) in [5.41, 5.74) is 3.51. The Morgan fingerprint density at radius 2 is 1.73 bits per heavy atom. The quantitative estimate of drug-likeness (QED) is 0.518. The van der Waals surface area contributed by atoms with E-state index in [1.54, 1.807) is 0 Å². The summed E-state index contributed by atoms with van der Waals surface area (Å²) < 4.78 is 16.3. The number of fused-ring (bicyclic) bond motifs is 1.